The van der Waals surface area contributed by atoms with Crippen LogP contribution in [0.15, 0.2) is 42.5 Å². The van der Waals surface area contributed by atoms with Crippen molar-refractivity contribution < 1.29 is 9.90 Å². The standard InChI is InChI=1S/C20H18Cl2N2O2/c21-15-5-1-4-14(12-15)9-11-20(10-3-6-16(25)13-20)24-19(26)17-7-2-8-18(22)23-17/h1-2,4-5,7-8,12,16,25H,3,6,10,13H2,(H,24,26)/t16-,20+/m0/s1. The fourth-order valence-corrected chi connectivity index (χ4v) is 3.43. The molecule has 2 atom stereocenters. The highest BCUT2D eigenvalue weighted by Gasteiger charge is 2.36. The van der Waals surface area contributed by atoms with Gasteiger partial charge in [0.2, 0.25) is 0 Å². The van der Waals surface area contributed by atoms with Gasteiger partial charge in [-0.05, 0) is 49.6 Å². The molecule has 0 saturated heterocycles. The monoisotopic (exact) mass is 388 g/mol. The molecular formula is C20H18Cl2N2O2. The van der Waals surface area contributed by atoms with E-state index in [4.69, 9.17) is 23.2 Å². The van der Waals surface area contributed by atoms with E-state index in [1.165, 1.54) is 0 Å². The minimum absolute atomic E-state index is 0.224. The molecule has 1 aliphatic rings. The average Bonchev–Trinajstić information content (AvgIpc) is 2.60. The molecule has 1 aromatic carbocycles. The van der Waals surface area contributed by atoms with Crippen LogP contribution in [0.2, 0.25) is 10.2 Å². The van der Waals surface area contributed by atoms with Crippen LogP contribution in [0.4, 0.5) is 0 Å². The Morgan fingerprint density at radius 2 is 2.08 bits per heavy atom. The molecule has 134 valence electrons. The first kappa shape index (κ1) is 18.7. The zero-order valence-corrected chi connectivity index (χ0v) is 15.5. The van der Waals surface area contributed by atoms with E-state index >= 15 is 0 Å². The van der Waals surface area contributed by atoms with Gasteiger partial charge in [0.15, 0.2) is 0 Å². The van der Waals surface area contributed by atoms with Crippen LogP contribution in [0.3, 0.4) is 0 Å². The number of nitrogens with zero attached hydrogens (tertiary/aromatic N) is 1. The molecule has 0 radical (unpaired) electrons. The van der Waals surface area contributed by atoms with Crippen LogP contribution in [-0.4, -0.2) is 27.6 Å². The number of aliphatic hydroxyl groups is 1. The van der Waals surface area contributed by atoms with Crippen molar-refractivity contribution in [2.24, 2.45) is 0 Å². The molecule has 0 unspecified atom stereocenters. The van der Waals surface area contributed by atoms with Gasteiger partial charge in [-0.25, -0.2) is 4.98 Å². The lowest BCUT2D eigenvalue weighted by molar-refractivity contribution is 0.0747. The van der Waals surface area contributed by atoms with Crippen molar-refractivity contribution in [1.82, 2.24) is 10.3 Å². The van der Waals surface area contributed by atoms with Crippen LogP contribution < -0.4 is 5.32 Å². The Hall–Kier alpha value is -2.06. The van der Waals surface area contributed by atoms with Crippen molar-refractivity contribution in [3.63, 3.8) is 0 Å². The number of hydrogen-bond acceptors (Lipinski definition) is 3. The molecular weight excluding hydrogens is 371 g/mol. The summed E-state index contributed by atoms with van der Waals surface area (Å²) in [4.78, 5) is 16.7. The first-order chi connectivity index (χ1) is 12.5. The lowest BCUT2D eigenvalue weighted by Gasteiger charge is -2.35. The summed E-state index contributed by atoms with van der Waals surface area (Å²) >= 11 is 11.9. The van der Waals surface area contributed by atoms with Gasteiger partial charge in [0, 0.05) is 17.0 Å². The fourth-order valence-electron chi connectivity index (χ4n) is 3.08. The summed E-state index contributed by atoms with van der Waals surface area (Å²) in [7, 11) is 0. The maximum Gasteiger partial charge on any atom is 0.271 e. The van der Waals surface area contributed by atoms with Crippen LogP contribution in [0.1, 0.15) is 41.7 Å². The Labute approximate surface area is 162 Å². The van der Waals surface area contributed by atoms with E-state index < -0.39 is 11.6 Å². The topological polar surface area (TPSA) is 62.2 Å². The SMILES string of the molecule is O=C(N[C@@]1(C#Cc2cccc(Cl)c2)CCC[C@H](O)C1)c1cccc(Cl)n1. The van der Waals surface area contributed by atoms with Crippen LogP contribution in [-0.2, 0) is 0 Å². The molecule has 26 heavy (non-hydrogen) atoms. The number of hydrogen-bond donors (Lipinski definition) is 2. The number of amides is 1. The third kappa shape index (κ3) is 4.76. The van der Waals surface area contributed by atoms with Crippen molar-refractivity contribution in [2.75, 3.05) is 0 Å². The van der Waals surface area contributed by atoms with Crippen LogP contribution in [0.5, 0.6) is 0 Å². The number of aliphatic hydroxyl groups excluding tert-OH is 1. The van der Waals surface area contributed by atoms with E-state index in [1.807, 2.05) is 12.1 Å². The molecule has 6 heteroatoms. The Bertz CT molecular complexity index is 875. The van der Waals surface area contributed by atoms with Gasteiger partial charge in [-0.15, -0.1) is 0 Å². The van der Waals surface area contributed by atoms with Crippen molar-refractivity contribution in [3.05, 3.63) is 63.9 Å². The highest BCUT2D eigenvalue weighted by atomic mass is 35.5. The summed E-state index contributed by atoms with van der Waals surface area (Å²) in [5.74, 6) is 5.88. The lowest BCUT2D eigenvalue weighted by Crippen LogP contribution is -2.51. The van der Waals surface area contributed by atoms with Gasteiger partial charge in [0.05, 0.1) is 6.10 Å². The Balaban J connectivity index is 1.88. The average molecular weight is 389 g/mol. The van der Waals surface area contributed by atoms with Gasteiger partial charge in [-0.3, -0.25) is 4.79 Å². The number of nitrogens with one attached hydrogen (secondary N) is 1. The predicted octanol–water partition coefficient (Wildman–Crippen LogP) is 3.84. The van der Waals surface area contributed by atoms with Crippen LogP contribution in [0, 0.1) is 11.8 Å². The Morgan fingerprint density at radius 1 is 1.27 bits per heavy atom. The Morgan fingerprint density at radius 3 is 2.81 bits per heavy atom. The maximum atomic E-state index is 12.6. The van der Waals surface area contributed by atoms with Gasteiger partial charge >= 0.3 is 0 Å². The molecule has 1 heterocycles. The molecule has 0 spiro atoms. The molecule has 4 nitrogen and oxygen atoms in total. The van der Waals surface area contributed by atoms with E-state index in [0.717, 1.165) is 12.0 Å². The van der Waals surface area contributed by atoms with Crippen LogP contribution in [0.25, 0.3) is 0 Å². The molecule has 3 rings (SSSR count). The third-order valence-electron chi connectivity index (χ3n) is 4.30. The lowest BCUT2D eigenvalue weighted by atomic mass is 9.80. The second-order valence-electron chi connectivity index (χ2n) is 6.39. The normalized spacial score (nSPS) is 22.2. The minimum Gasteiger partial charge on any atom is -0.393 e. The minimum atomic E-state index is -0.818. The summed E-state index contributed by atoms with van der Waals surface area (Å²) in [6, 6.07) is 12.1. The predicted molar refractivity (Wildman–Crippen MR) is 102 cm³/mol. The first-order valence-corrected chi connectivity index (χ1v) is 9.13. The van der Waals surface area contributed by atoms with E-state index in [0.29, 0.717) is 24.3 Å². The number of benzene rings is 1. The summed E-state index contributed by atoms with van der Waals surface area (Å²) in [6.45, 7) is 0. The highest BCUT2D eigenvalue weighted by Crippen LogP contribution is 2.29. The summed E-state index contributed by atoms with van der Waals surface area (Å²) < 4.78 is 0. The van der Waals surface area contributed by atoms with Crippen molar-refractivity contribution in [2.45, 2.75) is 37.3 Å². The summed E-state index contributed by atoms with van der Waals surface area (Å²) in [5.41, 5.74) is 0.162. The molecule has 1 aromatic heterocycles. The van der Waals surface area contributed by atoms with E-state index in [-0.39, 0.29) is 16.8 Å². The van der Waals surface area contributed by atoms with Gasteiger partial charge in [0.25, 0.3) is 5.91 Å². The summed E-state index contributed by atoms with van der Waals surface area (Å²) in [6.07, 6.45) is 1.99. The van der Waals surface area contributed by atoms with Crippen molar-refractivity contribution >= 4 is 29.1 Å². The number of aromatic nitrogens is 1. The fraction of sp³-hybridized carbons (Fsp3) is 0.300. The molecule has 2 N–H and O–H groups in total. The van der Waals surface area contributed by atoms with Gasteiger partial charge in [-0.1, -0.05) is 47.2 Å². The quantitative estimate of drug-likeness (QED) is 0.606. The Kier molecular flexibility index (Phi) is 5.83. The zero-order chi connectivity index (χ0) is 18.6. The van der Waals surface area contributed by atoms with Gasteiger partial charge in [0.1, 0.15) is 16.4 Å². The second-order valence-corrected chi connectivity index (χ2v) is 7.22. The number of halogens is 2. The number of carbonyl (C=O) groups excluding carboxylic acids is 1. The van der Waals surface area contributed by atoms with Gasteiger partial charge < -0.3 is 10.4 Å². The maximum absolute atomic E-state index is 12.6. The molecule has 0 aliphatic heterocycles. The van der Waals surface area contributed by atoms with Gasteiger partial charge in [-0.2, -0.15) is 0 Å². The summed E-state index contributed by atoms with van der Waals surface area (Å²) in [5, 5.41) is 14.0. The highest BCUT2D eigenvalue weighted by molar-refractivity contribution is 6.30. The van der Waals surface area contributed by atoms with E-state index in [1.54, 1.807) is 30.3 Å². The van der Waals surface area contributed by atoms with Crippen molar-refractivity contribution in [3.8, 4) is 11.8 Å². The second kappa shape index (κ2) is 8.09. The number of carbonyl (C=O) groups is 1. The largest absolute Gasteiger partial charge is 0.393 e. The van der Waals surface area contributed by atoms with Crippen molar-refractivity contribution in [1.29, 1.82) is 0 Å². The number of rotatable bonds is 2. The van der Waals surface area contributed by atoms with Crippen LogP contribution >= 0.6 is 23.2 Å². The molecule has 2 aromatic rings. The molecule has 1 fully saturated rings. The smallest absolute Gasteiger partial charge is 0.271 e. The first-order valence-electron chi connectivity index (χ1n) is 8.38. The van der Waals surface area contributed by atoms with E-state index in [2.05, 4.69) is 22.1 Å². The molecule has 1 saturated carbocycles. The molecule has 1 amide bonds. The number of pyridine rings is 1. The zero-order valence-electron chi connectivity index (χ0n) is 14.0. The third-order valence-corrected chi connectivity index (χ3v) is 4.74. The molecule has 0 bridgehead atoms. The van der Waals surface area contributed by atoms with E-state index in [9.17, 15) is 9.90 Å². The molecule has 1 aliphatic carbocycles.